The summed E-state index contributed by atoms with van der Waals surface area (Å²) in [7, 11) is 0. The van der Waals surface area contributed by atoms with E-state index in [9.17, 15) is 4.79 Å². The molecule has 0 spiro atoms. The Labute approximate surface area is 123 Å². The predicted molar refractivity (Wildman–Crippen MR) is 78.9 cm³/mol. The molecule has 92 valence electrons. The zero-order valence-electron chi connectivity index (χ0n) is 9.45. The lowest BCUT2D eigenvalue weighted by atomic mass is 10.1. The molecule has 4 nitrogen and oxygen atoms in total. The Morgan fingerprint density at radius 2 is 2.11 bits per heavy atom. The van der Waals surface area contributed by atoms with Gasteiger partial charge in [-0.2, -0.15) is 0 Å². The molecule has 0 unspecified atom stereocenters. The number of hydrogen-bond acceptors (Lipinski definition) is 3. The Hall–Kier alpha value is -1.21. The molecule has 1 amide bonds. The molecule has 0 aliphatic carbocycles. The summed E-state index contributed by atoms with van der Waals surface area (Å²) >= 11 is 7.77. The number of aryl methyl sites for hydroxylation is 1. The first kappa shape index (κ1) is 13.2. The number of nitrogens with one attached hydrogen (secondary N) is 1. The molecule has 0 aliphatic heterocycles. The minimum Gasteiger partial charge on any atom is -0.305 e. The van der Waals surface area contributed by atoms with E-state index in [1.54, 1.807) is 6.07 Å². The van der Waals surface area contributed by atoms with Gasteiger partial charge in [0.05, 0.1) is 18.0 Å². The molecule has 0 fully saturated rings. The Morgan fingerprint density at radius 1 is 1.33 bits per heavy atom. The summed E-state index contributed by atoms with van der Waals surface area (Å²) < 4.78 is 0.925. The molecule has 1 N–H and O–H groups in total. The summed E-state index contributed by atoms with van der Waals surface area (Å²) in [6.45, 7) is 1.96. The smallest absolute Gasteiger partial charge is 0.257 e. The van der Waals surface area contributed by atoms with E-state index in [0.29, 0.717) is 11.4 Å². The number of amides is 1. The maximum absolute atomic E-state index is 12.1. The fourth-order valence-corrected chi connectivity index (χ4v) is 2.09. The van der Waals surface area contributed by atoms with E-state index in [-0.39, 0.29) is 11.1 Å². The molecule has 2 aromatic rings. The van der Waals surface area contributed by atoms with Crippen LogP contribution in [0.1, 0.15) is 15.9 Å². The minimum atomic E-state index is -0.209. The van der Waals surface area contributed by atoms with E-state index in [4.69, 9.17) is 11.6 Å². The maximum atomic E-state index is 12.1. The Morgan fingerprint density at radius 3 is 2.78 bits per heavy atom. The third kappa shape index (κ3) is 2.97. The molecule has 2 rings (SSSR count). The van der Waals surface area contributed by atoms with Crippen molar-refractivity contribution in [3.63, 3.8) is 0 Å². The van der Waals surface area contributed by atoms with Gasteiger partial charge < -0.3 is 5.32 Å². The van der Waals surface area contributed by atoms with Gasteiger partial charge in [0.1, 0.15) is 5.15 Å². The van der Waals surface area contributed by atoms with Crippen LogP contribution in [0.25, 0.3) is 0 Å². The molecule has 0 radical (unpaired) electrons. The molecule has 0 saturated carbocycles. The summed E-state index contributed by atoms with van der Waals surface area (Å²) in [5.74, 6) is 0.168. The minimum absolute atomic E-state index is 0.209. The second-order valence-corrected chi connectivity index (χ2v) is 5.08. The van der Waals surface area contributed by atoms with Gasteiger partial charge in [-0.15, -0.1) is 0 Å². The molecular formula is C12H9ClIN3O. The number of anilines is 1. The average molecular weight is 374 g/mol. The highest BCUT2D eigenvalue weighted by molar-refractivity contribution is 14.1. The Bertz CT molecular complexity index is 586. The van der Waals surface area contributed by atoms with Gasteiger partial charge >= 0.3 is 0 Å². The average Bonchev–Trinajstić information content (AvgIpc) is 2.35. The van der Waals surface area contributed by atoms with Crippen molar-refractivity contribution in [1.29, 1.82) is 0 Å². The van der Waals surface area contributed by atoms with Crippen molar-refractivity contribution >= 4 is 45.9 Å². The fourth-order valence-electron chi connectivity index (χ4n) is 1.38. The van der Waals surface area contributed by atoms with Gasteiger partial charge in [0, 0.05) is 3.57 Å². The summed E-state index contributed by atoms with van der Waals surface area (Å²) in [4.78, 5) is 19.9. The normalized spacial score (nSPS) is 10.2. The predicted octanol–water partition coefficient (Wildman–Crippen LogP) is 3.30. The standard InChI is InChI=1S/C12H9ClIN3O/c1-7-3-2-4-8(11(7)14)12(18)17-10-6-15-9(13)5-16-10/h2-6H,1H3,(H,16,17,18). The molecule has 1 heterocycles. The highest BCUT2D eigenvalue weighted by Crippen LogP contribution is 2.17. The van der Waals surface area contributed by atoms with Crippen molar-refractivity contribution < 1.29 is 4.79 Å². The van der Waals surface area contributed by atoms with Crippen LogP contribution in [-0.4, -0.2) is 15.9 Å². The molecule has 0 saturated heterocycles. The number of halogens is 2. The van der Waals surface area contributed by atoms with Crippen LogP contribution >= 0.6 is 34.2 Å². The van der Waals surface area contributed by atoms with Crippen molar-refractivity contribution in [2.45, 2.75) is 6.92 Å². The number of nitrogens with zero attached hydrogens (tertiary/aromatic N) is 2. The molecule has 1 aromatic carbocycles. The number of carbonyl (C=O) groups is 1. The molecule has 0 atom stereocenters. The summed E-state index contributed by atoms with van der Waals surface area (Å²) in [5.41, 5.74) is 1.68. The van der Waals surface area contributed by atoms with E-state index >= 15 is 0 Å². The number of carbonyl (C=O) groups excluding carboxylic acids is 1. The SMILES string of the molecule is Cc1cccc(C(=O)Nc2cnc(Cl)cn2)c1I. The number of benzene rings is 1. The van der Waals surface area contributed by atoms with Crippen LogP contribution in [0.4, 0.5) is 5.82 Å². The fraction of sp³-hybridized carbons (Fsp3) is 0.0833. The largest absolute Gasteiger partial charge is 0.305 e. The van der Waals surface area contributed by atoms with Gasteiger partial charge in [0.25, 0.3) is 5.91 Å². The van der Waals surface area contributed by atoms with E-state index in [0.717, 1.165) is 9.13 Å². The van der Waals surface area contributed by atoms with Crippen LogP contribution in [0.5, 0.6) is 0 Å². The maximum Gasteiger partial charge on any atom is 0.257 e. The van der Waals surface area contributed by atoms with Gasteiger partial charge in [0.2, 0.25) is 0 Å². The third-order valence-corrected chi connectivity index (χ3v) is 3.93. The van der Waals surface area contributed by atoms with Crippen LogP contribution < -0.4 is 5.32 Å². The lowest BCUT2D eigenvalue weighted by molar-refractivity contribution is 0.102. The molecule has 0 bridgehead atoms. The second-order valence-electron chi connectivity index (χ2n) is 3.61. The van der Waals surface area contributed by atoms with Crippen LogP contribution in [0, 0.1) is 10.5 Å². The van der Waals surface area contributed by atoms with Crippen molar-refractivity contribution in [2.24, 2.45) is 0 Å². The zero-order valence-corrected chi connectivity index (χ0v) is 12.4. The molecule has 18 heavy (non-hydrogen) atoms. The first-order valence-corrected chi connectivity index (χ1v) is 6.57. The summed E-state index contributed by atoms with van der Waals surface area (Å²) in [5, 5.41) is 2.97. The van der Waals surface area contributed by atoms with Gasteiger partial charge in [-0.25, -0.2) is 9.97 Å². The van der Waals surface area contributed by atoms with Crippen molar-refractivity contribution in [3.05, 3.63) is 50.4 Å². The first-order valence-electron chi connectivity index (χ1n) is 5.12. The summed E-state index contributed by atoms with van der Waals surface area (Å²) in [6.07, 6.45) is 2.81. The van der Waals surface area contributed by atoms with Gasteiger partial charge in [-0.1, -0.05) is 23.7 Å². The van der Waals surface area contributed by atoms with E-state index in [2.05, 4.69) is 37.9 Å². The third-order valence-electron chi connectivity index (χ3n) is 2.30. The summed E-state index contributed by atoms with van der Waals surface area (Å²) in [6, 6.07) is 5.58. The number of rotatable bonds is 2. The lowest BCUT2D eigenvalue weighted by Crippen LogP contribution is -2.15. The highest BCUT2D eigenvalue weighted by Gasteiger charge is 2.11. The first-order chi connectivity index (χ1) is 8.58. The van der Waals surface area contributed by atoms with Gasteiger partial charge in [-0.05, 0) is 41.1 Å². The number of hydrogen-bond donors (Lipinski definition) is 1. The molecule has 1 aromatic heterocycles. The van der Waals surface area contributed by atoms with Crippen LogP contribution in [0.2, 0.25) is 5.15 Å². The second kappa shape index (κ2) is 5.62. The molecular weight excluding hydrogens is 365 g/mol. The van der Waals surface area contributed by atoms with Gasteiger partial charge in [-0.3, -0.25) is 4.79 Å². The molecule has 0 aliphatic rings. The van der Waals surface area contributed by atoms with Crippen LogP contribution in [-0.2, 0) is 0 Å². The van der Waals surface area contributed by atoms with Gasteiger partial charge in [0.15, 0.2) is 5.82 Å². The van der Waals surface area contributed by atoms with E-state index < -0.39 is 0 Å². The van der Waals surface area contributed by atoms with Crippen molar-refractivity contribution in [3.8, 4) is 0 Å². The number of aromatic nitrogens is 2. The monoisotopic (exact) mass is 373 g/mol. The van der Waals surface area contributed by atoms with Crippen molar-refractivity contribution in [2.75, 3.05) is 5.32 Å². The highest BCUT2D eigenvalue weighted by atomic mass is 127. The quantitative estimate of drug-likeness (QED) is 0.822. The lowest BCUT2D eigenvalue weighted by Gasteiger charge is -2.07. The Kier molecular flexibility index (Phi) is 4.13. The van der Waals surface area contributed by atoms with Crippen LogP contribution in [0.15, 0.2) is 30.6 Å². The van der Waals surface area contributed by atoms with E-state index in [1.807, 2.05) is 19.1 Å². The zero-order chi connectivity index (χ0) is 13.1. The van der Waals surface area contributed by atoms with Crippen LogP contribution in [0.3, 0.4) is 0 Å². The Balaban J connectivity index is 2.22. The molecule has 6 heteroatoms. The topological polar surface area (TPSA) is 54.9 Å². The van der Waals surface area contributed by atoms with Crippen molar-refractivity contribution in [1.82, 2.24) is 9.97 Å². The van der Waals surface area contributed by atoms with E-state index in [1.165, 1.54) is 12.4 Å².